The van der Waals surface area contributed by atoms with Gasteiger partial charge in [0.1, 0.15) is 11.5 Å². The summed E-state index contributed by atoms with van der Waals surface area (Å²) in [6.07, 6.45) is 3.47. The monoisotopic (exact) mass is 299 g/mol. The molecule has 1 spiro atoms. The first-order valence-electron chi connectivity index (χ1n) is 7.39. The van der Waals surface area contributed by atoms with E-state index in [4.69, 9.17) is 9.47 Å². The van der Waals surface area contributed by atoms with E-state index in [-0.39, 0.29) is 18.0 Å². The van der Waals surface area contributed by atoms with Crippen LogP contribution in [-0.2, 0) is 19.1 Å². The number of hydrogen-bond donors (Lipinski definition) is 0. The average Bonchev–Trinajstić information content (AvgIpc) is 3.16. The molecule has 5 heteroatoms. The first-order chi connectivity index (χ1) is 10.6. The molecular weight excluding hydrogens is 282 g/mol. The van der Waals surface area contributed by atoms with Crippen LogP contribution in [0.4, 0.5) is 5.69 Å². The van der Waals surface area contributed by atoms with E-state index in [2.05, 4.69) is 0 Å². The van der Waals surface area contributed by atoms with Gasteiger partial charge in [0.15, 0.2) is 0 Å². The molecule has 2 fully saturated rings. The molecule has 5 nitrogen and oxygen atoms in total. The Hall–Kier alpha value is -2.14. The Morgan fingerprint density at radius 1 is 1.36 bits per heavy atom. The van der Waals surface area contributed by atoms with Gasteiger partial charge < -0.3 is 14.4 Å². The van der Waals surface area contributed by atoms with Crippen LogP contribution in [0.15, 0.2) is 36.4 Å². The summed E-state index contributed by atoms with van der Waals surface area (Å²) < 4.78 is 10.9. The maximum atomic E-state index is 12.9. The summed E-state index contributed by atoms with van der Waals surface area (Å²) in [5.41, 5.74) is 1.28. The smallest absolute Gasteiger partial charge is 0.312 e. The van der Waals surface area contributed by atoms with E-state index in [0.29, 0.717) is 6.54 Å². The lowest BCUT2D eigenvalue weighted by Gasteiger charge is -2.22. The van der Waals surface area contributed by atoms with Crippen LogP contribution < -0.4 is 4.90 Å². The summed E-state index contributed by atoms with van der Waals surface area (Å²) in [4.78, 5) is 26.7. The Morgan fingerprint density at radius 2 is 2.09 bits per heavy atom. The third kappa shape index (κ3) is 1.63. The average molecular weight is 299 g/mol. The topological polar surface area (TPSA) is 55.8 Å². The third-order valence-corrected chi connectivity index (χ3v) is 4.92. The van der Waals surface area contributed by atoms with E-state index in [1.165, 1.54) is 7.11 Å². The van der Waals surface area contributed by atoms with E-state index in [9.17, 15) is 9.59 Å². The fraction of sp³-hybridized carbons (Fsp3) is 0.412. The normalized spacial score (nSPS) is 35.1. The van der Waals surface area contributed by atoms with Gasteiger partial charge in [0.05, 0.1) is 25.7 Å². The highest BCUT2D eigenvalue weighted by Gasteiger charge is 2.67. The highest BCUT2D eigenvalue weighted by molar-refractivity contribution is 6.02. The van der Waals surface area contributed by atoms with E-state index in [1.54, 1.807) is 4.90 Å². The van der Waals surface area contributed by atoms with Gasteiger partial charge in [-0.25, -0.2) is 0 Å². The molecule has 0 unspecified atom stereocenters. The van der Waals surface area contributed by atoms with Crippen molar-refractivity contribution < 1.29 is 19.1 Å². The number of fused-ring (bicyclic) bond motifs is 1. The number of anilines is 1. The number of hydrogen-bond acceptors (Lipinski definition) is 4. The maximum absolute atomic E-state index is 12.9. The van der Waals surface area contributed by atoms with Crippen LogP contribution in [0.2, 0.25) is 0 Å². The molecule has 1 aromatic carbocycles. The SMILES string of the molecule is COC(=O)[C@H]1[C@H]2C(=O)N(c3ccc(C)cc3)C[C@@]23C=C[C@H]1O3. The number of esters is 1. The van der Waals surface area contributed by atoms with Crippen LogP contribution in [0.3, 0.4) is 0 Å². The van der Waals surface area contributed by atoms with Crippen LogP contribution in [-0.4, -0.2) is 37.2 Å². The first kappa shape index (κ1) is 13.5. The number of rotatable bonds is 2. The lowest BCUT2D eigenvalue weighted by molar-refractivity contribution is -0.149. The van der Waals surface area contributed by atoms with Gasteiger partial charge in [0.2, 0.25) is 5.91 Å². The zero-order chi connectivity index (χ0) is 15.5. The highest BCUT2D eigenvalue weighted by atomic mass is 16.5. The minimum Gasteiger partial charge on any atom is -0.469 e. The molecule has 3 aliphatic heterocycles. The van der Waals surface area contributed by atoms with Crippen molar-refractivity contribution in [1.82, 2.24) is 0 Å². The summed E-state index contributed by atoms with van der Waals surface area (Å²) in [5, 5.41) is 0. The summed E-state index contributed by atoms with van der Waals surface area (Å²) in [7, 11) is 1.35. The summed E-state index contributed by atoms with van der Waals surface area (Å²) in [5.74, 6) is -1.47. The van der Waals surface area contributed by atoms with Crippen molar-refractivity contribution in [2.45, 2.75) is 18.6 Å². The van der Waals surface area contributed by atoms with E-state index in [0.717, 1.165) is 11.3 Å². The minimum absolute atomic E-state index is 0.0638. The number of benzene rings is 1. The number of nitrogens with zero attached hydrogens (tertiary/aromatic N) is 1. The molecule has 3 aliphatic rings. The summed E-state index contributed by atoms with van der Waals surface area (Å²) >= 11 is 0. The molecule has 3 heterocycles. The molecule has 0 N–H and O–H groups in total. The predicted octanol–water partition coefficient (Wildman–Crippen LogP) is 1.45. The van der Waals surface area contributed by atoms with Gasteiger partial charge in [0, 0.05) is 5.69 Å². The summed E-state index contributed by atoms with van der Waals surface area (Å²) in [6, 6.07) is 7.79. The number of ether oxygens (including phenoxy) is 2. The largest absolute Gasteiger partial charge is 0.469 e. The quantitative estimate of drug-likeness (QED) is 0.613. The van der Waals surface area contributed by atoms with Gasteiger partial charge in [-0.2, -0.15) is 0 Å². The molecule has 0 radical (unpaired) electrons. The van der Waals surface area contributed by atoms with Crippen LogP contribution in [0.25, 0.3) is 0 Å². The Labute approximate surface area is 128 Å². The zero-order valence-corrected chi connectivity index (χ0v) is 12.5. The van der Waals surface area contributed by atoms with E-state index < -0.39 is 17.4 Å². The van der Waals surface area contributed by atoms with Gasteiger partial charge in [-0.15, -0.1) is 0 Å². The molecule has 0 aromatic heterocycles. The molecule has 0 aliphatic carbocycles. The number of amides is 1. The predicted molar refractivity (Wildman–Crippen MR) is 79.3 cm³/mol. The first-order valence-corrected chi connectivity index (χ1v) is 7.39. The van der Waals surface area contributed by atoms with Gasteiger partial charge >= 0.3 is 5.97 Å². The van der Waals surface area contributed by atoms with E-state index >= 15 is 0 Å². The van der Waals surface area contributed by atoms with Crippen LogP contribution in [0, 0.1) is 18.8 Å². The molecule has 0 saturated carbocycles. The fourth-order valence-corrected chi connectivity index (χ4v) is 3.85. The van der Waals surface area contributed by atoms with Gasteiger partial charge in [-0.3, -0.25) is 9.59 Å². The number of carbonyl (C=O) groups excluding carboxylic acids is 2. The minimum atomic E-state index is -0.689. The molecule has 22 heavy (non-hydrogen) atoms. The van der Waals surface area contributed by atoms with Crippen molar-refractivity contribution in [2.24, 2.45) is 11.8 Å². The lowest BCUT2D eigenvalue weighted by Crippen LogP contribution is -2.39. The van der Waals surface area contributed by atoms with E-state index in [1.807, 2.05) is 43.3 Å². The van der Waals surface area contributed by atoms with Crippen molar-refractivity contribution in [3.8, 4) is 0 Å². The van der Waals surface area contributed by atoms with Gasteiger partial charge in [0.25, 0.3) is 0 Å². The number of aryl methyl sites for hydroxylation is 1. The molecule has 2 saturated heterocycles. The van der Waals surface area contributed by atoms with Crippen LogP contribution >= 0.6 is 0 Å². The maximum Gasteiger partial charge on any atom is 0.312 e. The van der Waals surface area contributed by atoms with Crippen molar-refractivity contribution in [1.29, 1.82) is 0 Å². The molecule has 4 atom stereocenters. The zero-order valence-electron chi connectivity index (χ0n) is 12.5. The molecule has 114 valence electrons. The summed E-state index contributed by atoms with van der Waals surface area (Å²) in [6.45, 7) is 2.45. The number of carbonyl (C=O) groups is 2. The fourth-order valence-electron chi connectivity index (χ4n) is 3.85. The van der Waals surface area contributed by atoms with Crippen molar-refractivity contribution >= 4 is 17.6 Å². The second kappa shape index (κ2) is 4.43. The highest BCUT2D eigenvalue weighted by Crippen LogP contribution is 2.52. The third-order valence-electron chi connectivity index (χ3n) is 4.92. The second-order valence-corrected chi connectivity index (χ2v) is 6.18. The van der Waals surface area contributed by atoms with Gasteiger partial charge in [-0.1, -0.05) is 29.8 Å². The van der Waals surface area contributed by atoms with Crippen LogP contribution in [0.5, 0.6) is 0 Å². The molecule has 4 rings (SSSR count). The second-order valence-electron chi connectivity index (χ2n) is 6.18. The van der Waals surface area contributed by atoms with Crippen molar-refractivity contribution in [3.05, 3.63) is 42.0 Å². The molecule has 1 amide bonds. The molecular formula is C17H17NO4. The van der Waals surface area contributed by atoms with Crippen molar-refractivity contribution in [2.75, 3.05) is 18.6 Å². The lowest BCUT2D eigenvalue weighted by atomic mass is 9.77. The van der Waals surface area contributed by atoms with Crippen LogP contribution in [0.1, 0.15) is 5.56 Å². The Morgan fingerprint density at radius 3 is 2.77 bits per heavy atom. The van der Waals surface area contributed by atoms with Gasteiger partial charge in [-0.05, 0) is 19.1 Å². The molecule has 1 aromatic rings. The number of methoxy groups -OCH3 is 1. The van der Waals surface area contributed by atoms with Crippen molar-refractivity contribution in [3.63, 3.8) is 0 Å². The Kier molecular flexibility index (Phi) is 2.72. The standard InChI is InChI=1S/C17H17NO4/c1-10-3-5-11(6-4-10)18-9-17-8-7-12(22-17)13(16(20)21-2)14(17)15(18)19/h3-8,12-14H,9H2,1-2H3/t12-,13-,14+,17+/m1/s1. The molecule has 2 bridgehead atoms. The Bertz CT molecular complexity index is 680. The Balaban J connectivity index is 1.71.